The maximum Gasteiger partial charge on any atom is 0.167 e. The average Bonchev–Trinajstić information content (AvgIpc) is 3.25. The van der Waals surface area contributed by atoms with E-state index in [-0.39, 0.29) is 11.5 Å². The van der Waals surface area contributed by atoms with Gasteiger partial charge >= 0.3 is 0 Å². The smallest absolute Gasteiger partial charge is 0.167 e. The van der Waals surface area contributed by atoms with Gasteiger partial charge in [-0.05, 0) is 70.0 Å². The summed E-state index contributed by atoms with van der Waals surface area (Å²) in [6.45, 7) is 0. The minimum Gasteiger partial charge on any atom is -0.392 e. The summed E-state index contributed by atoms with van der Waals surface area (Å²) in [5, 5.41) is 10.3. The third-order valence-corrected chi connectivity index (χ3v) is 5.79. The molecule has 19 heavy (non-hydrogen) atoms. The van der Waals surface area contributed by atoms with Crippen molar-refractivity contribution in [1.29, 1.82) is 0 Å². The van der Waals surface area contributed by atoms with Crippen LogP contribution in [0.3, 0.4) is 0 Å². The van der Waals surface area contributed by atoms with Crippen molar-refractivity contribution in [2.24, 2.45) is 17.8 Å². The number of hydrogen-bond donors (Lipinski definition) is 1. The van der Waals surface area contributed by atoms with Gasteiger partial charge in [0.2, 0.25) is 0 Å². The van der Waals surface area contributed by atoms with Crippen LogP contribution >= 0.6 is 0 Å². The Bertz CT molecular complexity index is 473. The number of hydrogen-bond acceptors (Lipinski definition) is 3. The van der Waals surface area contributed by atoms with E-state index >= 15 is 0 Å². The predicted octanol–water partition coefficient (Wildman–Crippen LogP) is 1.76. The zero-order valence-corrected chi connectivity index (χ0v) is 11.9. The second kappa shape index (κ2) is 3.70. The fourth-order valence-corrected chi connectivity index (χ4v) is 4.72. The van der Waals surface area contributed by atoms with E-state index in [0.29, 0.717) is 17.6 Å². The number of aliphatic hydroxyl groups excluding tert-OH is 1. The van der Waals surface area contributed by atoms with E-state index in [1.54, 1.807) is 0 Å². The van der Waals surface area contributed by atoms with Crippen LogP contribution in [0.25, 0.3) is 0 Å². The molecule has 3 saturated carbocycles. The molecule has 0 bridgehead atoms. The van der Waals surface area contributed by atoms with Crippen LogP contribution in [0.4, 0.5) is 0 Å². The van der Waals surface area contributed by atoms with Gasteiger partial charge in [-0.15, -0.1) is 0 Å². The maximum absolute atomic E-state index is 12.9. The molecular weight excluding hydrogens is 238 g/mol. The van der Waals surface area contributed by atoms with Crippen molar-refractivity contribution in [2.75, 3.05) is 14.1 Å². The number of Topliss-reactive ketones (excluding diaryl/α,β-unsaturated/α-hetero) is 1. The number of aliphatic hydroxyl groups is 1. The van der Waals surface area contributed by atoms with E-state index in [9.17, 15) is 9.90 Å². The van der Waals surface area contributed by atoms with Crippen molar-refractivity contribution in [1.82, 2.24) is 4.90 Å². The molecular formula is C16H23NO2. The van der Waals surface area contributed by atoms with Crippen molar-refractivity contribution in [3.05, 3.63) is 11.1 Å². The van der Waals surface area contributed by atoms with Gasteiger partial charge in [-0.2, -0.15) is 0 Å². The lowest BCUT2D eigenvalue weighted by Crippen LogP contribution is -2.50. The second-order valence-corrected chi connectivity index (χ2v) is 7.14. The van der Waals surface area contributed by atoms with Crippen molar-refractivity contribution in [3.63, 3.8) is 0 Å². The fraction of sp³-hybridized carbons (Fsp3) is 0.812. The van der Waals surface area contributed by atoms with Crippen LogP contribution < -0.4 is 0 Å². The van der Waals surface area contributed by atoms with Crippen molar-refractivity contribution < 1.29 is 9.90 Å². The second-order valence-electron chi connectivity index (χ2n) is 7.14. The largest absolute Gasteiger partial charge is 0.392 e. The number of likely N-dealkylation sites (N-methyl/N-ethyl adjacent to an activating group) is 1. The third-order valence-electron chi connectivity index (χ3n) is 5.79. The van der Waals surface area contributed by atoms with E-state index in [1.807, 2.05) is 0 Å². The lowest BCUT2D eigenvalue weighted by Gasteiger charge is -2.39. The monoisotopic (exact) mass is 261 g/mol. The number of fused-ring (bicyclic) bond motifs is 1. The first kappa shape index (κ1) is 12.1. The Hall–Kier alpha value is -0.670. The highest BCUT2D eigenvalue weighted by Gasteiger charge is 2.64. The summed E-state index contributed by atoms with van der Waals surface area (Å²) < 4.78 is 0. The molecule has 0 spiro atoms. The standard InChI is InChI=1S/C16H23NO2/c1-17(2)16-8-7-11(18)14(16)15(19)12(9-3-4-9)13(16)10-5-6-10/h9-11,14,18H,3-8H2,1-2H3/t11?,14?,16-/m1/s1. The summed E-state index contributed by atoms with van der Waals surface area (Å²) in [7, 11) is 4.19. The maximum atomic E-state index is 12.9. The lowest BCUT2D eigenvalue weighted by atomic mass is 9.81. The number of carbonyl (C=O) groups is 1. The first-order valence-corrected chi connectivity index (χ1v) is 7.71. The molecule has 3 atom stereocenters. The van der Waals surface area contributed by atoms with Gasteiger partial charge in [0.1, 0.15) is 0 Å². The summed E-state index contributed by atoms with van der Waals surface area (Å²) in [5.41, 5.74) is 2.46. The Morgan fingerprint density at radius 3 is 2.26 bits per heavy atom. The Morgan fingerprint density at radius 2 is 1.74 bits per heavy atom. The Balaban J connectivity index is 1.89. The van der Waals surface area contributed by atoms with Crippen LogP contribution in [0, 0.1) is 17.8 Å². The van der Waals surface area contributed by atoms with Crippen LogP contribution in [-0.2, 0) is 4.79 Å². The number of carbonyl (C=O) groups excluding carboxylic acids is 1. The molecule has 0 aromatic carbocycles. The number of rotatable bonds is 3. The number of ketones is 1. The quantitative estimate of drug-likeness (QED) is 0.841. The molecule has 2 unspecified atom stereocenters. The van der Waals surface area contributed by atoms with Crippen molar-refractivity contribution in [3.8, 4) is 0 Å². The zero-order valence-electron chi connectivity index (χ0n) is 11.9. The van der Waals surface area contributed by atoms with Crippen molar-refractivity contribution in [2.45, 2.75) is 50.2 Å². The lowest BCUT2D eigenvalue weighted by molar-refractivity contribution is -0.123. The third kappa shape index (κ3) is 1.43. The average molecular weight is 261 g/mol. The van der Waals surface area contributed by atoms with Crippen LogP contribution in [0.1, 0.15) is 38.5 Å². The Labute approximate surface area is 114 Å². The first-order valence-electron chi connectivity index (χ1n) is 7.71. The van der Waals surface area contributed by atoms with E-state index in [2.05, 4.69) is 19.0 Å². The highest BCUT2D eigenvalue weighted by atomic mass is 16.3. The van der Waals surface area contributed by atoms with Crippen LogP contribution in [0.5, 0.6) is 0 Å². The van der Waals surface area contributed by atoms with Gasteiger partial charge in [0.25, 0.3) is 0 Å². The normalized spacial score (nSPS) is 42.4. The van der Waals surface area contributed by atoms with Gasteiger partial charge in [0.05, 0.1) is 17.6 Å². The summed E-state index contributed by atoms with van der Waals surface area (Å²) in [6.07, 6.45) is 6.17. The molecule has 0 heterocycles. The summed E-state index contributed by atoms with van der Waals surface area (Å²) in [5.74, 6) is 1.28. The highest BCUT2D eigenvalue weighted by Crippen LogP contribution is 2.61. The predicted molar refractivity (Wildman–Crippen MR) is 72.6 cm³/mol. The molecule has 104 valence electrons. The summed E-state index contributed by atoms with van der Waals surface area (Å²) in [6, 6.07) is 0. The summed E-state index contributed by atoms with van der Waals surface area (Å²) in [4.78, 5) is 15.1. The molecule has 3 fully saturated rings. The Kier molecular flexibility index (Phi) is 2.36. The highest BCUT2D eigenvalue weighted by molar-refractivity contribution is 6.04. The van der Waals surface area contributed by atoms with E-state index in [4.69, 9.17) is 0 Å². The van der Waals surface area contributed by atoms with Gasteiger partial charge in [-0.25, -0.2) is 0 Å². The van der Waals surface area contributed by atoms with E-state index in [1.165, 1.54) is 31.3 Å². The van der Waals surface area contributed by atoms with Crippen LogP contribution in [0.2, 0.25) is 0 Å². The zero-order chi connectivity index (χ0) is 13.4. The molecule has 4 rings (SSSR count). The molecule has 3 heteroatoms. The Morgan fingerprint density at radius 1 is 1.11 bits per heavy atom. The van der Waals surface area contributed by atoms with Gasteiger partial charge in [0, 0.05) is 5.57 Å². The molecule has 1 N–H and O–H groups in total. The molecule has 0 aromatic rings. The van der Waals surface area contributed by atoms with Gasteiger partial charge in [-0.3, -0.25) is 9.69 Å². The molecule has 4 aliphatic rings. The van der Waals surface area contributed by atoms with Gasteiger partial charge < -0.3 is 5.11 Å². The molecule has 3 nitrogen and oxygen atoms in total. The van der Waals surface area contributed by atoms with E-state index in [0.717, 1.165) is 18.4 Å². The first-order chi connectivity index (χ1) is 9.07. The van der Waals surface area contributed by atoms with Crippen LogP contribution in [-0.4, -0.2) is 41.5 Å². The molecule has 0 saturated heterocycles. The minimum absolute atomic E-state index is 0.143. The SMILES string of the molecule is CN(C)[C@@]12CCC(O)C1C(=O)C(C1CC1)=C2C1CC1. The minimum atomic E-state index is -0.431. The topological polar surface area (TPSA) is 40.5 Å². The number of allylic oxidation sites excluding steroid dienone is 1. The molecule has 0 radical (unpaired) electrons. The number of nitrogens with zero attached hydrogens (tertiary/aromatic N) is 1. The molecule has 0 aliphatic heterocycles. The molecule has 0 aromatic heterocycles. The van der Waals surface area contributed by atoms with Gasteiger partial charge in [-0.1, -0.05) is 0 Å². The summed E-state index contributed by atoms with van der Waals surface area (Å²) >= 11 is 0. The molecule has 0 amide bonds. The van der Waals surface area contributed by atoms with Crippen molar-refractivity contribution >= 4 is 5.78 Å². The fourth-order valence-electron chi connectivity index (χ4n) is 4.72. The van der Waals surface area contributed by atoms with Crippen LogP contribution in [0.15, 0.2) is 11.1 Å². The molecule has 4 aliphatic carbocycles. The van der Waals surface area contributed by atoms with E-state index < -0.39 is 6.10 Å². The van der Waals surface area contributed by atoms with Gasteiger partial charge in [0.15, 0.2) is 5.78 Å².